The number of nitrogens with two attached hydrogens (primary N) is 1. The Morgan fingerprint density at radius 2 is 1.76 bits per heavy atom. The molecule has 0 spiro atoms. The highest BCUT2D eigenvalue weighted by atomic mass is 16.5. The van der Waals surface area contributed by atoms with Crippen molar-refractivity contribution in [3.8, 4) is 11.5 Å². The van der Waals surface area contributed by atoms with E-state index < -0.39 is 0 Å². The van der Waals surface area contributed by atoms with E-state index in [0.717, 1.165) is 31.0 Å². The molecule has 0 amide bonds. The van der Waals surface area contributed by atoms with Crippen molar-refractivity contribution >= 4 is 10.9 Å². The first-order valence-corrected chi connectivity index (χ1v) is 9.07. The summed E-state index contributed by atoms with van der Waals surface area (Å²) in [5, 5.41) is 3.67. The SMILES string of the molecule is CCOc1ccc(C[NH2+]CCc2c[nH]c3ccccc23)cc1OCC. The van der Waals surface area contributed by atoms with E-state index in [4.69, 9.17) is 9.47 Å². The third-order valence-electron chi connectivity index (χ3n) is 4.28. The van der Waals surface area contributed by atoms with Gasteiger partial charge in [-0.15, -0.1) is 0 Å². The molecule has 2 aromatic carbocycles. The molecule has 0 aliphatic heterocycles. The van der Waals surface area contributed by atoms with Gasteiger partial charge >= 0.3 is 0 Å². The lowest BCUT2D eigenvalue weighted by Gasteiger charge is -2.12. The predicted octanol–water partition coefficient (Wildman–Crippen LogP) is 3.27. The van der Waals surface area contributed by atoms with Gasteiger partial charge in [-0.1, -0.05) is 18.2 Å². The van der Waals surface area contributed by atoms with Gasteiger partial charge in [0.2, 0.25) is 0 Å². The minimum atomic E-state index is 0.647. The van der Waals surface area contributed by atoms with E-state index in [1.165, 1.54) is 22.0 Å². The fraction of sp³-hybridized carbons (Fsp3) is 0.333. The van der Waals surface area contributed by atoms with Gasteiger partial charge in [0, 0.05) is 29.1 Å². The molecule has 0 atom stereocenters. The zero-order valence-electron chi connectivity index (χ0n) is 15.0. The largest absolute Gasteiger partial charge is 0.490 e. The minimum absolute atomic E-state index is 0.647. The molecule has 0 fully saturated rings. The second kappa shape index (κ2) is 8.58. The summed E-state index contributed by atoms with van der Waals surface area (Å²) in [5.41, 5.74) is 3.85. The molecule has 0 aliphatic rings. The third kappa shape index (κ3) is 4.34. The molecular weight excluding hydrogens is 312 g/mol. The van der Waals surface area contributed by atoms with Crippen molar-refractivity contribution in [3.63, 3.8) is 0 Å². The number of fused-ring (bicyclic) bond motifs is 1. The van der Waals surface area contributed by atoms with Crippen LogP contribution in [-0.4, -0.2) is 24.7 Å². The molecule has 0 bridgehead atoms. The summed E-state index contributed by atoms with van der Waals surface area (Å²) in [6.45, 7) is 7.27. The molecule has 0 unspecified atom stereocenters. The Kier molecular flexibility index (Phi) is 5.96. The van der Waals surface area contributed by atoms with Crippen LogP contribution >= 0.6 is 0 Å². The Hall–Kier alpha value is -2.46. The normalized spacial score (nSPS) is 11.0. The summed E-state index contributed by atoms with van der Waals surface area (Å²) in [5.74, 6) is 1.67. The Morgan fingerprint density at radius 1 is 0.960 bits per heavy atom. The third-order valence-corrected chi connectivity index (χ3v) is 4.28. The first kappa shape index (κ1) is 17.4. The smallest absolute Gasteiger partial charge is 0.161 e. The van der Waals surface area contributed by atoms with E-state index in [1.54, 1.807) is 0 Å². The van der Waals surface area contributed by atoms with Gasteiger partial charge in [0.1, 0.15) is 6.54 Å². The van der Waals surface area contributed by atoms with Gasteiger partial charge in [-0.05, 0) is 43.7 Å². The summed E-state index contributed by atoms with van der Waals surface area (Å²) in [7, 11) is 0. The standard InChI is InChI=1S/C21H26N2O2/c1-3-24-20-10-9-16(13-21(20)25-4-2)14-22-12-11-17-15-23-19-8-6-5-7-18(17)19/h5-10,13,15,22-23H,3-4,11-12,14H2,1-2H3/p+1. The monoisotopic (exact) mass is 339 g/mol. The second-order valence-electron chi connectivity index (χ2n) is 6.04. The molecule has 0 saturated heterocycles. The lowest BCUT2D eigenvalue weighted by molar-refractivity contribution is -0.670. The van der Waals surface area contributed by atoms with E-state index >= 15 is 0 Å². The number of hydrogen-bond acceptors (Lipinski definition) is 2. The molecule has 25 heavy (non-hydrogen) atoms. The molecule has 3 aromatic rings. The Morgan fingerprint density at radius 3 is 2.60 bits per heavy atom. The maximum Gasteiger partial charge on any atom is 0.161 e. The summed E-state index contributed by atoms with van der Waals surface area (Å²) < 4.78 is 11.3. The van der Waals surface area contributed by atoms with Gasteiger partial charge in [0.25, 0.3) is 0 Å². The van der Waals surface area contributed by atoms with Crippen molar-refractivity contribution in [3.05, 3.63) is 59.8 Å². The predicted molar refractivity (Wildman–Crippen MR) is 101 cm³/mol. The topological polar surface area (TPSA) is 50.9 Å². The van der Waals surface area contributed by atoms with E-state index in [1.807, 2.05) is 19.9 Å². The fourth-order valence-electron chi connectivity index (χ4n) is 3.09. The molecule has 3 N–H and O–H groups in total. The van der Waals surface area contributed by atoms with E-state index in [0.29, 0.717) is 13.2 Å². The molecule has 3 rings (SSSR count). The number of para-hydroxylation sites is 1. The average molecular weight is 339 g/mol. The van der Waals surface area contributed by atoms with E-state index in [9.17, 15) is 0 Å². The highest BCUT2D eigenvalue weighted by Crippen LogP contribution is 2.28. The van der Waals surface area contributed by atoms with Crippen LogP contribution in [0.1, 0.15) is 25.0 Å². The molecular formula is C21H27N2O2+. The number of benzene rings is 2. The van der Waals surface area contributed by atoms with E-state index in [2.05, 4.69) is 52.9 Å². The Bertz CT molecular complexity index is 811. The lowest BCUT2D eigenvalue weighted by Crippen LogP contribution is -2.83. The number of nitrogens with one attached hydrogen (secondary N) is 1. The first-order chi connectivity index (χ1) is 12.3. The summed E-state index contributed by atoms with van der Waals surface area (Å²) >= 11 is 0. The maximum absolute atomic E-state index is 5.70. The maximum atomic E-state index is 5.70. The summed E-state index contributed by atoms with van der Waals surface area (Å²) in [6.07, 6.45) is 3.18. The zero-order chi connectivity index (χ0) is 17.5. The van der Waals surface area contributed by atoms with Crippen LogP contribution in [0.3, 0.4) is 0 Å². The number of hydrogen-bond donors (Lipinski definition) is 2. The van der Waals surface area contributed by atoms with Gasteiger partial charge in [-0.3, -0.25) is 0 Å². The number of ether oxygens (including phenoxy) is 2. The second-order valence-corrected chi connectivity index (χ2v) is 6.04. The van der Waals surface area contributed by atoms with Crippen LogP contribution in [0.5, 0.6) is 11.5 Å². The van der Waals surface area contributed by atoms with E-state index in [-0.39, 0.29) is 0 Å². The van der Waals surface area contributed by atoms with Crippen LogP contribution in [-0.2, 0) is 13.0 Å². The Labute approximate surface area is 149 Å². The quantitative estimate of drug-likeness (QED) is 0.588. The molecule has 4 heteroatoms. The van der Waals surface area contributed by atoms with Crippen LogP contribution in [0.15, 0.2) is 48.7 Å². The van der Waals surface area contributed by atoms with Gasteiger partial charge in [0.15, 0.2) is 11.5 Å². The van der Waals surface area contributed by atoms with Crippen LogP contribution in [0.2, 0.25) is 0 Å². The molecule has 4 nitrogen and oxygen atoms in total. The molecule has 132 valence electrons. The van der Waals surface area contributed by atoms with Gasteiger partial charge < -0.3 is 19.8 Å². The van der Waals surface area contributed by atoms with Crippen LogP contribution in [0.4, 0.5) is 0 Å². The van der Waals surface area contributed by atoms with Crippen molar-refractivity contribution in [1.82, 2.24) is 4.98 Å². The fourth-order valence-corrected chi connectivity index (χ4v) is 3.09. The van der Waals surface area contributed by atoms with Crippen molar-refractivity contribution in [2.24, 2.45) is 0 Å². The highest BCUT2D eigenvalue weighted by Gasteiger charge is 2.08. The van der Waals surface area contributed by atoms with Crippen LogP contribution in [0, 0.1) is 0 Å². The number of quaternary nitrogens is 1. The summed E-state index contributed by atoms with van der Waals surface area (Å²) in [6, 6.07) is 14.7. The number of aromatic nitrogens is 1. The minimum Gasteiger partial charge on any atom is -0.490 e. The average Bonchev–Trinajstić information content (AvgIpc) is 3.04. The number of aromatic amines is 1. The van der Waals surface area contributed by atoms with Crippen molar-refractivity contribution < 1.29 is 14.8 Å². The van der Waals surface area contributed by atoms with Gasteiger partial charge in [-0.25, -0.2) is 0 Å². The zero-order valence-corrected chi connectivity index (χ0v) is 15.0. The van der Waals surface area contributed by atoms with Crippen molar-refractivity contribution in [2.75, 3.05) is 19.8 Å². The number of rotatable bonds is 9. The van der Waals surface area contributed by atoms with Crippen molar-refractivity contribution in [1.29, 1.82) is 0 Å². The Balaban J connectivity index is 1.55. The lowest BCUT2D eigenvalue weighted by atomic mass is 10.1. The van der Waals surface area contributed by atoms with Crippen LogP contribution in [0.25, 0.3) is 10.9 Å². The van der Waals surface area contributed by atoms with Gasteiger partial charge in [-0.2, -0.15) is 0 Å². The van der Waals surface area contributed by atoms with Crippen LogP contribution < -0.4 is 14.8 Å². The van der Waals surface area contributed by atoms with Crippen molar-refractivity contribution in [2.45, 2.75) is 26.8 Å². The number of H-pyrrole nitrogens is 1. The molecule has 1 aromatic heterocycles. The molecule has 0 radical (unpaired) electrons. The highest BCUT2D eigenvalue weighted by molar-refractivity contribution is 5.82. The molecule has 1 heterocycles. The molecule has 0 aliphatic carbocycles. The molecule has 0 saturated carbocycles. The summed E-state index contributed by atoms with van der Waals surface area (Å²) in [4.78, 5) is 3.34. The first-order valence-electron chi connectivity index (χ1n) is 9.07. The van der Waals surface area contributed by atoms with Gasteiger partial charge in [0.05, 0.1) is 19.8 Å².